The molecule has 0 radical (unpaired) electrons. The van der Waals surface area contributed by atoms with Crippen LogP contribution in [-0.2, 0) is 11.2 Å². The topological polar surface area (TPSA) is 40.5 Å². The van der Waals surface area contributed by atoms with Gasteiger partial charge in [0.1, 0.15) is 5.60 Å². The fourth-order valence-corrected chi connectivity index (χ4v) is 2.78. The van der Waals surface area contributed by atoms with Gasteiger partial charge in [0.25, 0.3) is 5.91 Å². The minimum atomic E-state index is -1.29. The summed E-state index contributed by atoms with van der Waals surface area (Å²) in [5.74, 6) is -0.247. The van der Waals surface area contributed by atoms with Gasteiger partial charge in [-0.15, -0.1) is 11.3 Å². The van der Waals surface area contributed by atoms with Gasteiger partial charge in [0.2, 0.25) is 0 Å². The molecule has 3 nitrogen and oxygen atoms in total. The van der Waals surface area contributed by atoms with E-state index in [1.807, 2.05) is 11.4 Å². The van der Waals surface area contributed by atoms with Gasteiger partial charge in [0.15, 0.2) is 0 Å². The standard InChI is InChI=1S/C11H16BrNO2S/c1-11(2,15)10(14)13(3)5-4-9-6-8(12)7-16-9/h6-7,15H,4-5H2,1-3H3. The van der Waals surface area contributed by atoms with Gasteiger partial charge in [-0.25, -0.2) is 0 Å². The second-order valence-electron chi connectivity index (χ2n) is 4.27. The Hall–Kier alpha value is -0.390. The van der Waals surface area contributed by atoms with Gasteiger partial charge in [0.05, 0.1) is 0 Å². The van der Waals surface area contributed by atoms with Crippen LogP contribution in [-0.4, -0.2) is 35.1 Å². The second-order valence-corrected chi connectivity index (χ2v) is 6.18. The molecule has 1 rings (SSSR count). The smallest absolute Gasteiger partial charge is 0.253 e. The molecule has 1 amide bonds. The molecule has 0 saturated carbocycles. The first-order valence-corrected chi connectivity index (χ1v) is 6.69. The van der Waals surface area contributed by atoms with E-state index in [4.69, 9.17) is 0 Å². The Labute approximate surface area is 108 Å². The fourth-order valence-electron chi connectivity index (χ4n) is 1.33. The molecule has 16 heavy (non-hydrogen) atoms. The number of amides is 1. The van der Waals surface area contributed by atoms with Crippen molar-refractivity contribution < 1.29 is 9.90 Å². The Kier molecular flexibility index (Phi) is 4.52. The lowest BCUT2D eigenvalue weighted by Gasteiger charge is -2.24. The van der Waals surface area contributed by atoms with E-state index >= 15 is 0 Å². The van der Waals surface area contributed by atoms with Crippen LogP contribution < -0.4 is 0 Å². The molecule has 90 valence electrons. The lowest BCUT2D eigenvalue weighted by Crippen LogP contribution is -2.43. The van der Waals surface area contributed by atoms with Crippen LogP contribution in [0, 0.1) is 0 Å². The average Bonchev–Trinajstić information content (AvgIpc) is 2.58. The summed E-state index contributed by atoms with van der Waals surface area (Å²) in [7, 11) is 1.71. The maximum Gasteiger partial charge on any atom is 0.253 e. The van der Waals surface area contributed by atoms with Crippen molar-refractivity contribution in [2.24, 2.45) is 0 Å². The summed E-state index contributed by atoms with van der Waals surface area (Å²) in [6.07, 6.45) is 0.814. The second kappa shape index (κ2) is 5.29. The molecule has 0 aromatic carbocycles. The number of aliphatic hydroxyl groups is 1. The average molecular weight is 306 g/mol. The zero-order valence-corrected chi connectivity index (χ0v) is 12.1. The third kappa shape index (κ3) is 3.88. The molecule has 0 aliphatic heterocycles. The largest absolute Gasteiger partial charge is 0.381 e. The van der Waals surface area contributed by atoms with Crippen LogP contribution in [0.4, 0.5) is 0 Å². The van der Waals surface area contributed by atoms with Crippen molar-refractivity contribution in [3.8, 4) is 0 Å². The molecule has 0 spiro atoms. The number of likely N-dealkylation sites (N-methyl/N-ethyl adjacent to an activating group) is 1. The van der Waals surface area contributed by atoms with Crippen LogP contribution in [0.5, 0.6) is 0 Å². The van der Waals surface area contributed by atoms with E-state index in [0.29, 0.717) is 6.54 Å². The number of nitrogens with zero attached hydrogens (tertiary/aromatic N) is 1. The summed E-state index contributed by atoms with van der Waals surface area (Å²) < 4.78 is 1.07. The number of carbonyl (C=O) groups is 1. The maximum atomic E-state index is 11.7. The minimum absolute atomic E-state index is 0.247. The zero-order valence-electron chi connectivity index (χ0n) is 9.66. The van der Waals surface area contributed by atoms with E-state index in [9.17, 15) is 9.90 Å². The zero-order chi connectivity index (χ0) is 12.3. The van der Waals surface area contributed by atoms with E-state index in [1.165, 1.54) is 18.7 Å². The maximum absolute atomic E-state index is 11.7. The van der Waals surface area contributed by atoms with Gasteiger partial charge >= 0.3 is 0 Å². The Balaban J connectivity index is 2.47. The van der Waals surface area contributed by atoms with Crippen molar-refractivity contribution in [3.05, 3.63) is 20.8 Å². The van der Waals surface area contributed by atoms with Crippen LogP contribution in [0.15, 0.2) is 15.9 Å². The molecule has 1 aromatic heterocycles. The molecule has 1 heterocycles. The van der Waals surface area contributed by atoms with Gasteiger partial charge in [-0.1, -0.05) is 0 Å². The molecule has 1 N–H and O–H groups in total. The molecular formula is C11H16BrNO2S. The lowest BCUT2D eigenvalue weighted by molar-refractivity contribution is -0.146. The van der Waals surface area contributed by atoms with Crippen molar-refractivity contribution in [3.63, 3.8) is 0 Å². The van der Waals surface area contributed by atoms with Crippen LogP contribution >= 0.6 is 27.3 Å². The molecule has 0 aliphatic carbocycles. The van der Waals surface area contributed by atoms with Crippen LogP contribution in [0.1, 0.15) is 18.7 Å². The highest BCUT2D eigenvalue weighted by atomic mass is 79.9. The number of halogens is 1. The van der Waals surface area contributed by atoms with Crippen LogP contribution in [0.25, 0.3) is 0 Å². The molecule has 0 unspecified atom stereocenters. The summed E-state index contributed by atoms with van der Waals surface area (Å²) in [5.41, 5.74) is -1.29. The first-order chi connectivity index (χ1) is 7.30. The Morgan fingerprint density at radius 3 is 2.69 bits per heavy atom. The summed E-state index contributed by atoms with van der Waals surface area (Å²) in [6.45, 7) is 3.64. The molecule has 0 atom stereocenters. The van der Waals surface area contributed by atoms with Crippen molar-refractivity contribution in [1.29, 1.82) is 0 Å². The van der Waals surface area contributed by atoms with E-state index in [1.54, 1.807) is 23.3 Å². The number of hydrogen-bond donors (Lipinski definition) is 1. The number of carbonyl (C=O) groups excluding carboxylic acids is 1. The first-order valence-electron chi connectivity index (χ1n) is 5.01. The Morgan fingerprint density at radius 1 is 1.62 bits per heavy atom. The SMILES string of the molecule is CN(CCc1cc(Br)cs1)C(=O)C(C)(C)O. The van der Waals surface area contributed by atoms with Gasteiger partial charge in [-0.3, -0.25) is 4.79 Å². The third-order valence-electron chi connectivity index (χ3n) is 2.19. The Morgan fingerprint density at radius 2 is 2.25 bits per heavy atom. The summed E-state index contributed by atoms with van der Waals surface area (Å²) >= 11 is 5.05. The van der Waals surface area contributed by atoms with E-state index in [-0.39, 0.29) is 5.91 Å². The van der Waals surface area contributed by atoms with Crippen LogP contribution in [0.3, 0.4) is 0 Å². The number of thiophene rings is 1. The van der Waals surface area contributed by atoms with Gasteiger partial charge < -0.3 is 10.0 Å². The number of hydrogen-bond acceptors (Lipinski definition) is 3. The van der Waals surface area contributed by atoms with Crippen molar-refractivity contribution in [1.82, 2.24) is 4.90 Å². The molecule has 0 bridgehead atoms. The number of rotatable bonds is 4. The summed E-state index contributed by atoms with van der Waals surface area (Å²) in [6, 6.07) is 2.05. The van der Waals surface area contributed by atoms with E-state index in [2.05, 4.69) is 15.9 Å². The summed E-state index contributed by atoms with van der Waals surface area (Å²) in [5, 5.41) is 11.6. The molecule has 0 fully saturated rings. The van der Waals surface area contributed by atoms with E-state index in [0.717, 1.165) is 10.9 Å². The highest BCUT2D eigenvalue weighted by Gasteiger charge is 2.26. The summed E-state index contributed by atoms with van der Waals surface area (Å²) in [4.78, 5) is 14.4. The predicted molar refractivity (Wildman–Crippen MR) is 69.7 cm³/mol. The van der Waals surface area contributed by atoms with Crippen molar-refractivity contribution >= 4 is 33.2 Å². The Bertz CT molecular complexity index is 370. The van der Waals surface area contributed by atoms with Gasteiger partial charge in [0, 0.05) is 28.3 Å². The monoisotopic (exact) mass is 305 g/mol. The normalized spacial score (nSPS) is 11.6. The molecule has 1 aromatic rings. The van der Waals surface area contributed by atoms with E-state index < -0.39 is 5.60 Å². The highest BCUT2D eigenvalue weighted by Crippen LogP contribution is 2.20. The third-order valence-corrected chi connectivity index (χ3v) is 3.94. The molecule has 0 aliphatic rings. The van der Waals surface area contributed by atoms with Crippen molar-refractivity contribution in [2.45, 2.75) is 25.9 Å². The minimum Gasteiger partial charge on any atom is -0.381 e. The predicted octanol–water partition coefficient (Wildman–Crippen LogP) is 2.28. The fraction of sp³-hybridized carbons (Fsp3) is 0.545. The molecule has 5 heteroatoms. The molecular weight excluding hydrogens is 290 g/mol. The van der Waals surface area contributed by atoms with Crippen LogP contribution in [0.2, 0.25) is 0 Å². The lowest BCUT2D eigenvalue weighted by atomic mass is 10.1. The quantitative estimate of drug-likeness (QED) is 0.927. The highest BCUT2D eigenvalue weighted by molar-refractivity contribution is 9.10. The molecule has 0 saturated heterocycles. The van der Waals surface area contributed by atoms with Crippen molar-refractivity contribution in [2.75, 3.05) is 13.6 Å². The van der Waals surface area contributed by atoms with Gasteiger partial charge in [-0.2, -0.15) is 0 Å². The first kappa shape index (κ1) is 13.7. The van der Waals surface area contributed by atoms with Gasteiger partial charge in [-0.05, 0) is 42.3 Å².